The molecule has 1 aliphatic heterocycles. The summed E-state index contributed by atoms with van der Waals surface area (Å²) in [4.78, 5) is 37.1. The molecule has 7 nitrogen and oxygen atoms in total. The minimum Gasteiger partial charge on any atom is -0.494 e. The summed E-state index contributed by atoms with van der Waals surface area (Å²) in [6.45, 7) is 2.70. The molecule has 0 N–H and O–H groups in total. The van der Waals surface area contributed by atoms with Crippen LogP contribution in [0.15, 0.2) is 36.7 Å². The molecule has 0 radical (unpaired) electrons. The van der Waals surface area contributed by atoms with Crippen molar-refractivity contribution in [2.24, 2.45) is 5.92 Å². The smallest absolute Gasteiger partial charge is 0.254 e. The number of halogens is 1. The summed E-state index contributed by atoms with van der Waals surface area (Å²) in [7, 11) is 0. The van der Waals surface area contributed by atoms with Gasteiger partial charge in [-0.3, -0.25) is 9.59 Å². The average molecular weight is 471 g/mol. The molecule has 4 rings (SSSR count). The predicted octanol–water partition coefficient (Wildman–Crippen LogP) is 4.01. The Morgan fingerprint density at radius 3 is 2.52 bits per heavy atom. The zero-order valence-electron chi connectivity index (χ0n) is 18.9. The highest BCUT2D eigenvalue weighted by Crippen LogP contribution is 2.26. The van der Waals surface area contributed by atoms with E-state index in [1.165, 1.54) is 38.4 Å². The Kier molecular flexibility index (Phi) is 8.15. The number of aromatic nitrogens is 2. The predicted molar refractivity (Wildman–Crippen MR) is 126 cm³/mol. The lowest BCUT2D eigenvalue weighted by atomic mass is 9.87. The summed E-state index contributed by atoms with van der Waals surface area (Å²) >= 11 is 5.87. The Hall–Kier alpha value is -2.67. The van der Waals surface area contributed by atoms with Gasteiger partial charge in [-0.05, 0) is 36.6 Å². The number of benzene rings is 1. The van der Waals surface area contributed by atoms with Crippen molar-refractivity contribution < 1.29 is 14.3 Å². The van der Waals surface area contributed by atoms with E-state index < -0.39 is 0 Å². The molecule has 0 atom stereocenters. The molecule has 1 aromatic carbocycles. The number of nitrogens with zero attached hydrogens (tertiary/aromatic N) is 4. The van der Waals surface area contributed by atoms with Crippen LogP contribution in [0.2, 0.25) is 5.15 Å². The molecule has 2 aromatic rings. The van der Waals surface area contributed by atoms with Gasteiger partial charge in [0.2, 0.25) is 5.91 Å². The summed E-state index contributed by atoms with van der Waals surface area (Å²) in [6, 6.07) is 9.04. The third-order valence-corrected chi connectivity index (χ3v) is 6.75. The maximum atomic E-state index is 13.0. The molecule has 176 valence electrons. The number of carbonyl (C=O) groups is 2. The summed E-state index contributed by atoms with van der Waals surface area (Å²) < 4.78 is 5.96. The Bertz CT molecular complexity index is 956. The maximum Gasteiger partial charge on any atom is 0.254 e. The molecule has 2 fully saturated rings. The van der Waals surface area contributed by atoms with Gasteiger partial charge in [0.25, 0.3) is 5.91 Å². The summed E-state index contributed by atoms with van der Waals surface area (Å²) in [5.41, 5.74) is 1.22. The third kappa shape index (κ3) is 6.67. The maximum absolute atomic E-state index is 13.0. The fourth-order valence-electron chi connectivity index (χ4n) is 4.61. The van der Waals surface area contributed by atoms with Crippen molar-refractivity contribution in [2.45, 2.75) is 44.9 Å². The number of carbonyl (C=O) groups excluding carboxylic acids is 2. The van der Waals surface area contributed by atoms with Crippen molar-refractivity contribution in [1.29, 1.82) is 0 Å². The molecule has 1 aliphatic carbocycles. The van der Waals surface area contributed by atoms with Gasteiger partial charge in [0.1, 0.15) is 17.2 Å². The van der Waals surface area contributed by atoms with E-state index in [4.69, 9.17) is 16.3 Å². The molecule has 0 bridgehead atoms. The quantitative estimate of drug-likeness (QED) is 0.571. The lowest BCUT2D eigenvalue weighted by Gasteiger charge is -2.35. The molecule has 1 saturated heterocycles. The minimum absolute atomic E-state index is 0.0229. The van der Waals surface area contributed by atoms with Crippen molar-refractivity contribution in [3.63, 3.8) is 0 Å². The molecule has 0 spiro atoms. The van der Waals surface area contributed by atoms with Gasteiger partial charge >= 0.3 is 0 Å². The zero-order chi connectivity index (χ0) is 23.0. The second-order valence-electron chi connectivity index (χ2n) is 8.85. The number of amides is 2. The van der Waals surface area contributed by atoms with E-state index in [1.54, 1.807) is 15.9 Å². The molecule has 1 saturated carbocycles. The molecule has 33 heavy (non-hydrogen) atoms. The fourth-order valence-corrected chi connectivity index (χ4v) is 4.78. The molecule has 8 heteroatoms. The number of ether oxygens (including phenoxy) is 1. The molecular weight excluding hydrogens is 440 g/mol. The Morgan fingerprint density at radius 1 is 1.00 bits per heavy atom. The fraction of sp³-hybridized carbons (Fsp3) is 0.520. The van der Waals surface area contributed by atoms with Gasteiger partial charge in [-0.1, -0.05) is 49.8 Å². The first-order valence-corrected chi connectivity index (χ1v) is 12.2. The van der Waals surface area contributed by atoms with Crippen molar-refractivity contribution in [1.82, 2.24) is 19.8 Å². The van der Waals surface area contributed by atoms with Crippen molar-refractivity contribution >= 4 is 23.4 Å². The number of hydrogen-bond donors (Lipinski definition) is 0. The minimum atomic E-state index is -0.0255. The first kappa shape index (κ1) is 23.5. The van der Waals surface area contributed by atoms with E-state index in [0.29, 0.717) is 49.2 Å². The van der Waals surface area contributed by atoms with Crippen LogP contribution >= 0.6 is 11.6 Å². The van der Waals surface area contributed by atoms with Gasteiger partial charge in [0, 0.05) is 31.7 Å². The van der Waals surface area contributed by atoms with Crippen molar-refractivity contribution in [3.05, 3.63) is 53.1 Å². The van der Waals surface area contributed by atoms with Crippen LogP contribution in [0, 0.1) is 5.92 Å². The monoisotopic (exact) mass is 470 g/mol. The Labute approximate surface area is 200 Å². The van der Waals surface area contributed by atoms with E-state index in [-0.39, 0.29) is 18.2 Å². The second kappa shape index (κ2) is 11.5. The zero-order valence-corrected chi connectivity index (χ0v) is 19.7. The van der Waals surface area contributed by atoms with Crippen LogP contribution in [-0.2, 0) is 11.2 Å². The summed E-state index contributed by atoms with van der Waals surface area (Å²) in [5.74, 6) is 1.47. The standard InChI is InChI=1S/C25H31ClN4O3/c26-23-16-21(27-18-28-23)17-24(31)29-10-12-30(13-11-29)25(32)20-7-4-8-22(15-20)33-14-9-19-5-2-1-3-6-19/h4,7-8,15-16,18-19H,1-3,5-6,9-14,17H2. The molecule has 2 aliphatic rings. The van der Waals surface area contributed by atoms with Crippen LogP contribution in [0.5, 0.6) is 5.75 Å². The van der Waals surface area contributed by atoms with E-state index >= 15 is 0 Å². The van der Waals surface area contributed by atoms with Crippen LogP contribution in [0.4, 0.5) is 0 Å². The van der Waals surface area contributed by atoms with Crippen LogP contribution in [0.1, 0.15) is 54.6 Å². The van der Waals surface area contributed by atoms with Gasteiger partial charge in [-0.2, -0.15) is 0 Å². The highest BCUT2D eigenvalue weighted by atomic mass is 35.5. The summed E-state index contributed by atoms with van der Waals surface area (Å²) in [5, 5.41) is 0.323. The van der Waals surface area contributed by atoms with Gasteiger partial charge in [-0.15, -0.1) is 0 Å². The first-order valence-electron chi connectivity index (χ1n) is 11.8. The summed E-state index contributed by atoms with van der Waals surface area (Å²) in [6.07, 6.45) is 9.26. The van der Waals surface area contributed by atoms with E-state index in [0.717, 1.165) is 18.1 Å². The molecule has 2 amide bonds. The van der Waals surface area contributed by atoms with Gasteiger partial charge in [0.05, 0.1) is 18.7 Å². The SMILES string of the molecule is O=C(Cc1cc(Cl)ncn1)N1CCN(C(=O)c2cccc(OCCC3CCCCC3)c2)CC1. The van der Waals surface area contributed by atoms with E-state index in [1.807, 2.05) is 24.3 Å². The topological polar surface area (TPSA) is 75.6 Å². The van der Waals surface area contributed by atoms with Crippen LogP contribution in [0.25, 0.3) is 0 Å². The van der Waals surface area contributed by atoms with Crippen molar-refractivity contribution in [3.8, 4) is 5.75 Å². The van der Waals surface area contributed by atoms with E-state index in [9.17, 15) is 9.59 Å². The molecule has 0 unspecified atom stereocenters. The van der Waals surface area contributed by atoms with Gasteiger partial charge < -0.3 is 14.5 Å². The van der Waals surface area contributed by atoms with Gasteiger partial charge in [0.15, 0.2) is 0 Å². The highest BCUT2D eigenvalue weighted by molar-refractivity contribution is 6.29. The van der Waals surface area contributed by atoms with Crippen LogP contribution < -0.4 is 4.74 Å². The normalized spacial score (nSPS) is 17.1. The first-order chi connectivity index (χ1) is 16.1. The van der Waals surface area contributed by atoms with Crippen molar-refractivity contribution in [2.75, 3.05) is 32.8 Å². The highest BCUT2D eigenvalue weighted by Gasteiger charge is 2.25. The second-order valence-corrected chi connectivity index (χ2v) is 9.24. The molecule has 2 heterocycles. The van der Waals surface area contributed by atoms with E-state index in [2.05, 4.69) is 9.97 Å². The molecule has 1 aromatic heterocycles. The number of rotatable bonds is 7. The Morgan fingerprint density at radius 2 is 1.76 bits per heavy atom. The van der Waals surface area contributed by atoms with Crippen LogP contribution in [-0.4, -0.2) is 64.4 Å². The number of piperazine rings is 1. The van der Waals surface area contributed by atoms with Gasteiger partial charge in [-0.25, -0.2) is 9.97 Å². The average Bonchev–Trinajstić information content (AvgIpc) is 2.84. The largest absolute Gasteiger partial charge is 0.494 e. The lowest BCUT2D eigenvalue weighted by Crippen LogP contribution is -2.51. The number of hydrogen-bond acceptors (Lipinski definition) is 5. The molecular formula is C25H31ClN4O3. The Balaban J connectivity index is 1.25. The third-order valence-electron chi connectivity index (χ3n) is 6.54. The lowest BCUT2D eigenvalue weighted by molar-refractivity contribution is -0.132. The van der Waals surface area contributed by atoms with Crippen LogP contribution in [0.3, 0.4) is 0 Å².